The molecular formula is C15H24N4O4. The van der Waals surface area contributed by atoms with Gasteiger partial charge >= 0.3 is 6.03 Å². The highest BCUT2D eigenvalue weighted by atomic mass is 16.2. The topological polar surface area (TPSA) is 108 Å². The van der Waals surface area contributed by atoms with Gasteiger partial charge in [0.2, 0.25) is 11.8 Å². The maximum Gasteiger partial charge on any atom is 0.325 e. The van der Waals surface area contributed by atoms with Crippen molar-refractivity contribution in [2.75, 3.05) is 19.6 Å². The molecule has 0 aromatic heterocycles. The van der Waals surface area contributed by atoms with E-state index in [-0.39, 0.29) is 24.9 Å². The average molecular weight is 324 g/mol. The minimum atomic E-state index is -0.844. The molecule has 8 nitrogen and oxygen atoms in total. The fourth-order valence-corrected chi connectivity index (χ4v) is 3.05. The molecular weight excluding hydrogens is 300 g/mol. The summed E-state index contributed by atoms with van der Waals surface area (Å²) >= 11 is 0. The number of rotatable bonds is 5. The van der Waals surface area contributed by atoms with Gasteiger partial charge < -0.3 is 16.0 Å². The van der Waals surface area contributed by atoms with E-state index < -0.39 is 17.5 Å². The van der Waals surface area contributed by atoms with Crippen molar-refractivity contribution in [3.05, 3.63) is 0 Å². The highest BCUT2D eigenvalue weighted by Gasteiger charge is 2.52. The monoisotopic (exact) mass is 324 g/mol. The summed E-state index contributed by atoms with van der Waals surface area (Å²) in [5.41, 5.74) is -0.844. The zero-order valence-corrected chi connectivity index (χ0v) is 13.6. The summed E-state index contributed by atoms with van der Waals surface area (Å²) in [7, 11) is 0. The average Bonchev–Trinajstić information content (AvgIpc) is 2.73. The fourth-order valence-electron chi connectivity index (χ4n) is 3.05. The zero-order chi connectivity index (χ0) is 17.0. The number of urea groups is 1. The van der Waals surface area contributed by atoms with Gasteiger partial charge in [-0.05, 0) is 38.5 Å². The number of hydrogen-bond acceptors (Lipinski definition) is 4. The Balaban J connectivity index is 1.90. The molecule has 1 saturated heterocycles. The normalized spacial score (nSPS) is 27.0. The summed E-state index contributed by atoms with van der Waals surface area (Å²) < 4.78 is 0. The lowest BCUT2D eigenvalue weighted by Crippen LogP contribution is -2.50. The van der Waals surface area contributed by atoms with E-state index >= 15 is 0 Å². The molecule has 8 heteroatoms. The minimum absolute atomic E-state index is 0.168. The van der Waals surface area contributed by atoms with Crippen LogP contribution in [0.15, 0.2) is 0 Å². The Bertz CT molecular complexity index is 512. The predicted octanol–water partition coefficient (Wildman–Crippen LogP) is -0.261. The van der Waals surface area contributed by atoms with E-state index in [9.17, 15) is 19.2 Å². The van der Waals surface area contributed by atoms with E-state index in [2.05, 4.69) is 22.9 Å². The van der Waals surface area contributed by atoms with Crippen molar-refractivity contribution < 1.29 is 19.2 Å². The van der Waals surface area contributed by atoms with Crippen LogP contribution in [0.1, 0.15) is 39.5 Å². The molecule has 23 heavy (non-hydrogen) atoms. The molecule has 1 heterocycles. The van der Waals surface area contributed by atoms with Crippen molar-refractivity contribution in [1.82, 2.24) is 20.9 Å². The Morgan fingerprint density at radius 3 is 2.48 bits per heavy atom. The maximum absolute atomic E-state index is 12.6. The Hall–Kier alpha value is -2.12. The summed E-state index contributed by atoms with van der Waals surface area (Å²) in [4.78, 5) is 48.7. The first-order valence-electron chi connectivity index (χ1n) is 8.05. The third-order valence-corrected chi connectivity index (χ3v) is 4.50. The molecule has 5 amide bonds. The minimum Gasteiger partial charge on any atom is -0.355 e. The van der Waals surface area contributed by atoms with Crippen LogP contribution in [-0.4, -0.2) is 53.8 Å². The van der Waals surface area contributed by atoms with Gasteiger partial charge in [-0.15, -0.1) is 0 Å². The molecule has 3 N–H and O–H groups in total. The van der Waals surface area contributed by atoms with Crippen LogP contribution < -0.4 is 16.0 Å². The van der Waals surface area contributed by atoms with Crippen molar-refractivity contribution in [2.24, 2.45) is 5.92 Å². The third kappa shape index (κ3) is 3.80. The number of nitrogens with one attached hydrogen (secondary N) is 3. The third-order valence-electron chi connectivity index (χ3n) is 4.50. The van der Waals surface area contributed by atoms with Crippen LogP contribution in [0.5, 0.6) is 0 Å². The van der Waals surface area contributed by atoms with E-state index in [1.807, 2.05) is 0 Å². The van der Waals surface area contributed by atoms with Crippen molar-refractivity contribution in [3.63, 3.8) is 0 Å². The Labute approximate surface area is 135 Å². The first-order valence-corrected chi connectivity index (χ1v) is 8.05. The lowest BCUT2D eigenvalue weighted by Gasteiger charge is -2.33. The van der Waals surface area contributed by atoms with E-state index in [1.54, 1.807) is 6.92 Å². The molecule has 0 radical (unpaired) electrons. The Kier molecular flexibility index (Phi) is 5.23. The number of nitrogens with zero attached hydrogens (tertiary/aromatic N) is 1. The molecule has 0 atom stereocenters. The molecule has 0 aromatic carbocycles. The van der Waals surface area contributed by atoms with Gasteiger partial charge in [0, 0.05) is 6.54 Å². The van der Waals surface area contributed by atoms with E-state index in [4.69, 9.17) is 0 Å². The standard InChI is InChI=1S/C15H24N4O4/c1-3-16-11(20)8-17-12(21)9-19-13(22)15(18-14(19)23)6-4-10(2)5-7-15/h10H,3-9H2,1-2H3,(H,16,20)(H,17,21)(H,18,23). The molecule has 0 aromatic rings. The number of carbonyl (C=O) groups is 4. The molecule has 128 valence electrons. The van der Waals surface area contributed by atoms with Crippen LogP contribution in [-0.2, 0) is 14.4 Å². The van der Waals surface area contributed by atoms with Crippen LogP contribution >= 0.6 is 0 Å². The van der Waals surface area contributed by atoms with Gasteiger partial charge in [-0.2, -0.15) is 0 Å². The van der Waals surface area contributed by atoms with Crippen LogP contribution in [0.4, 0.5) is 4.79 Å². The van der Waals surface area contributed by atoms with Gasteiger partial charge in [0.15, 0.2) is 0 Å². The number of likely N-dealkylation sites (N-methyl/N-ethyl adjacent to an activating group) is 1. The van der Waals surface area contributed by atoms with E-state index in [1.165, 1.54) is 0 Å². The predicted molar refractivity (Wildman–Crippen MR) is 82.3 cm³/mol. The molecule has 2 fully saturated rings. The number of hydrogen-bond donors (Lipinski definition) is 3. The fraction of sp³-hybridized carbons (Fsp3) is 0.733. The summed E-state index contributed by atoms with van der Waals surface area (Å²) in [5, 5.41) is 7.72. The summed E-state index contributed by atoms with van der Waals surface area (Å²) in [6, 6.07) is -0.530. The van der Waals surface area contributed by atoms with Gasteiger partial charge in [-0.25, -0.2) is 4.79 Å². The molecule has 1 spiro atoms. The van der Waals surface area contributed by atoms with Crippen molar-refractivity contribution >= 4 is 23.8 Å². The van der Waals surface area contributed by atoms with Gasteiger partial charge in [-0.3, -0.25) is 19.3 Å². The van der Waals surface area contributed by atoms with Gasteiger partial charge in [0.25, 0.3) is 5.91 Å². The van der Waals surface area contributed by atoms with Crippen molar-refractivity contribution in [1.29, 1.82) is 0 Å². The van der Waals surface area contributed by atoms with E-state index in [0.29, 0.717) is 25.3 Å². The highest BCUT2D eigenvalue weighted by Crippen LogP contribution is 2.36. The highest BCUT2D eigenvalue weighted by molar-refractivity contribution is 6.09. The SMILES string of the molecule is CCNC(=O)CNC(=O)CN1C(=O)NC2(CCC(C)CC2)C1=O. The number of carbonyl (C=O) groups excluding carboxylic acids is 4. The first-order chi connectivity index (χ1) is 10.9. The van der Waals surface area contributed by atoms with Crippen LogP contribution in [0, 0.1) is 5.92 Å². The molecule has 2 aliphatic rings. The van der Waals surface area contributed by atoms with E-state index in [0.717, 1.165) is 17.7 Å². The Morgan fingerprint density at radius 2 is 1.87 bits per heavy atom. The van der Waals surface area contributed by atoms with Gasteiger partial charge in [0.1, 0.15) is 12.1 Å². The summed E-state index contributed by atoms with van der Waals surface area (Å²) in [6.07, 6.45) is 2.97. The second kappa shape index (κ2) is 6.97. The second-order valence-electron chi connectivity index (χ2n) is 6.32. The molecule has 2 rings (SSSR count). The summed E-state index contributed by atoms with van der Waals surface area (Å²) in [6.45, 7) is 3.85. The Morgan fingerprint density at radius 1 is 1.22 bits per heavy atom. The van der Waals surface area contributed by atoms with Crippen LogP contribution in [0.25, 0.3) is 0 Å². The van der Waals surface area contributed by atoms with Gasteiger partial charge in [-0.1, -0.05) is 6.92 Å². The molecule has 0 bridgehead atoms. The first kappa shape index (κ1) is 17.2. The maximum atomic E-state index is 12.6. The summed E-state index contributed by atoms with van der Waals surface area (Å²) in [5.74, 6) is -0.626. The lowest BCUT2D eigenvalue weighted by molar-refractivity contribution is -0.136. The number of imide groups is 1. The smallest absolute Gasteiger partial charge is 0.325 e. The molecule has 1 aliphatic heterocycles. The molecule has 0 unspecified atom stereocenters. The second-order valence-corrected chi connectivity index (χ2v) is 6.32. The van der Waals surface area contributed by atoms with Crippen molar-refractivity contribution in [2.45, 2.75) is 45.1 Å². The van der Waals surface area contributed by atoms with Crippen LogP contribution in [0.3, 0.4) is 0 Å². The van der Waals surface area contributed by atoms with Gasteiger partial charge in [0.05, 0.1) is 6.54 Å². The molecule has 1 saturated carbocycles. The quantitative estimate of drug-likeness (QED) is 0.606. The zero-order valence-electron chi connectivity index (χ0n) is 13.6. The van der Waals surface area contributed by atoms with Crippen LogP contribution in [0.2, 0.25) is 0 Å². The van der Waals surface area contributed by atoms with Crippen molar-refractivity contribution in [3.8, 4) is 0 Å². The lowest BCUT2D eigenvalue weighted by atomic mass is 9.77. The number of amides is 5. The largest absolute Gasteiger partial charge is 0.355 e. The molecule has 1 aliphatic carbocycles.